The molecule has 0 saturated carbocycles. The van der Waals surface area contributed by atoms with E-state index in [-0.39, 0.29) is 11.7 Å². The van der Waals surface area contributed by atoms with Gasteiger partial charge in [-0.05, 0) is 26.0 Å². The van der Waals surface area contributed by atoms with Gasteiger partial charge in [-0.15, -0.1) is 0 Å². The molecule has 1 heterocycles. The fourth-order valence-corrected chi connectivity index (χ4v) is 2.83. The smallest absolute Gasteiger partial charge is 0.137 e. The third-order valence-corrected chi connectivity index (χ3v) is 3.58. The highest BCUT2D eigenvalue weighted by molar-refractivity contribution is 5.42. The topological polar surface area (TPSA) is 54.7 Å². The molecule has 0 amide bonds. The van der Waals surface area contributed by atoms with Crippen LogP contribution in [0.5, 0.6) is 5.75 Å². The van der Waals surface area contributed by atoms with E-state index in [0.29, 0.717) is 24.5 Å². The Kier molecular flexibility index (Phi) is 5.78. The number of para-hydroxylation sites is 1. The van der Waals surface area contributed by atoms with Crippen LogP contribution in [-0.4, -0.2) is 56.6 Å². The van der Waals surface area contributed by atoms with Crippen LogP contribution in [0.25, 0.3) is 0 Å². The molecule has 0 aliphatic carbocycles. The monoisotopic (exact) mass is 304 g/mol. The maximum absolute atomic E-state index is 9.06. The van der Waals surface area contributed by atoms with E-state index >= 15 is 0 Å². The van der Waals surface area contributed by atoms with Crippen molar-refractivity contribution in [1.82, 2.24) is 4.90 Å². The number of morpholine rings is 1. The summed E-state index contributed by atoms with van der Waals surface area (Å²) in [6.45, 7) is 7.82. The third-order valence-electron chi connectivity index (χ3n) is 3.58. The number of rotatable bonds is 6. The molecule has 1 saturated heterocycles. The molecule has 0 N–H and O–H groups in total. The van der Waals surface area contributed by atoms with Crippen LogP contribution in [0.1, 0.15) is 19.4 Å². The van der Waals surface area contributed by atoms with Gasteiger partial charge in [-0.1, -0.05) is 12.1 Å². The molecule has 0 bridgehead atoms. The van der Waals surface area contributed by atoms with Crippen LogP contribution in [0, 0.1) is 11.3 Å². The Morgan fingerprint density at radius 1 is 1.41 bits per heavy atom. The Hall–Kier alpha value is -1.61. The molecule has 1 atom stereocenters. The molecule has 1 fully saturated rings. The summed E-state index contributed by atoms with van der Waals surface area (Å²) in [5, 5.41) is 9.06. The van der Waals surface area contributed by atoms with Crippen LogP contribution in [0.3, 0.4) is 0 Å². The van der Waals surface area contributed by atoms with Crippen molar-refractivity contribution in [2.24, 2.45) is 0 Å². The Morgan fingerprint density at radius 2 is 2.18 bits per heavy atom. The molecule has 120 valence electrons. The summed E-state index contributed by atoms with van der Waals surface area (Å²) in [7, 11) is 1.69. The minimum Gasteiger partial charge on any atom is -0.491 e. The largest absolute Gasteiger partial charge is 0.491 e. The number of hydrogen-bond donors (Lipinski definition) is 0. The molecular weight excluding hydrogens is 280 g/mol. The average Bonchev–Trinajstić information content (AvgIpc) is 2.46. The highest BCUT2D eigenvalue weighted by atomic mass is 16.5. The Labute approximate surface area is 132 Å². The van der Waals surface area contributed by atoms with Crippen molar-refractivity contribution in [3.05, 3.63) is 29.8 Å². The van der Waals surface area contributed by atoms with Crippen molar-refractivity contribution in [3.8, 4) is 11.8 Å². The summed E-state index contributed by atoms with van der Waals surface area (Å²) < 4.78 is 17.0. The Morgan fingerprint density at radius 3 is 2.91 bits per heavy atom. The highest BCUT2D eigenvalue weighted by Crippen LogP contribution is 2.21. The molecule has 0 radical (unpaired) electrons. The van der Waals surface area contributed by atoms with Crippen molar-refractivity contribution in [1.29, 1.82) is 5.26 Å². The maximum Gasteiger partial charge on any atom is 0.137 e. The molecule has 1 aromatic carbocycles. The molecule has 1 aliphatic rings. The average molecular weight is 304 g/mol. The molecule has 0 spiro atoms. The zero-order valence-electron chi connectivity index (χ0n) is 13.5. The van der Waals surface area contributed by atoms with Crippen molar-refractivity contribution in [2.75, 3.05) is 40.0 Å². The van der Waals surface area contributed by atoms with E-state index in [1.165, 1.54) is 0 Å². The number of ether oxygens (including phenoxy) is 3. The Bertz CT molecular complexity index is 525. The summed E-state index contributed by atoms with van der Waals surface area (Å²) in [4.78, 5) is 2.32. The first-order chi connectivity index (χ1) is 10.5. The molecule has 22 heavy (non-hydrogen) atoms. The summed E-state index contributed by atoms with van der Waals surface area (Å²) in [6, 6.07) is 9.46. The molecule has 1 aromatic rings. The third kappa shape index (κ3) is 4.70. The summed E-state index contributed by atoms with van der Waals surface area (Å²) >= 11 is 0. The maximum atomic E-state index is 9.06. The molecule has 1 aliphatic heterocycles. The van der Waals surface area contributed by atoms with Crippen LogP contribution < -0.4 is 4.74 Å². The lowest BCUT2D eigenvalue weighted by Gasteiger charge is -2.42. The van der Waals surface area contributed by atoms with Crippen LogP contribution in [0.15, 0.2) is 24.3 Å². The predicted octanol–water partition coefficient (Wildman–Crippen LogP) is 2.06. The van der Waals surface area contributed by atoms with Gasteiger partial charge in [0.05, 0.1) is 23.9 Å². The molecule has 2 rings (SSSR count). The van der Waals surface area contributed by atoms with Crippen LogP contribution in [-0.2, 0) is 9.47 Å². The van der Waals surface area contributed by atoms with Crippen LogP contribution >= 0.6 is 0 Å². The lowest BCUT2D eigenvalue weighted by atomic mass is 10.1. The molecule has 0 aromatic heterocycles. The SMILES string of the molecule is COC[C@H]1CN(CCOc2ccccc2C#N)CC(C)(C)O1. The Balaban J connectivity index is 1.87. The molecule has 5 nitrogen and oxygen atoms in total. The number of hydrogen-bond acceptors (Lipinski definition) is 5. The normalized spacial score (nSPS) is 21.3. The van der Waals surface area contributed by atoms with Gasteiger partial charge in [0, 0.05) is 26.7 Å². The molecular formula is C17H24N2O3. The fourth-order valence-electron chi connectivity index (χ4n) is 2.83. The number of nitriles is 1. The summed E-state index contributed by atoms with van der Waals surface area (Å²) in [5.41, 5.74) is 0.383. The predicted molar refractivity (Wildman–Crippen MR) is 83.9 cm³/mol. The second kappa shape index (κ2) is 7.59. The van der Waals surface area contributed by atoms with Crippen LogP contribution in [0.2, 0.25) is 0 Å². The van der Waals surface area contributed by atoms with E-state index in [2.05, 4.69) is 24.8 Å². The van der Waals surface area contributed by atoms with E-state index in [4.69, 9.17) is 19.5 Å². The van der Waals surface area contributed by atoms with Crippen molar-refractivity contribution >= 4 is 0 Å². The van der Waals surface area contributed by atoms with Gasteiger partial charge in [0.2, 0.25) is 0 Å². The van der Waals surface area contributed by atoms with Gasteiger partial charge in [-0.2, -0.15) is 5.26 Å². The van der Waals surface area contributed by atoms with Gasteiger partial charge in [0.25, 0.3) is 0 Å². The van der Waals surface area contributed by atoms with Gasteiger partial charge in [-0.3, -0.25) is 4.90 Å². The van der Waals surface area contributed by atoms with Crippen LogP contribution in [0.4, 0.5) is 0 Å². The van der Waals surface area contributed by atoms with Crippen molar-refractivity contribution < 1.29 is 14.2 Å². The first kappa shape index (κ1) is 16.8. The number of methoxy groups -OCH3 is 1. The van der Waals surface area contributed by atoms with Gasteiger partial charge in [-0.25, -0.2) is 0 Å². The first-order valence-electron chi connectivity index (χ1n) is 7.55. The summed E-state index contributed by atoms with van der Waals surface area (Å²) in [6.07, 6.45) is 0.0835. The first-order valence-corrected chi connectivity index (χ1v) is 7.55. The van der Waals surface area contributed by atoms with E-state index in [1.54, 1.807) is 13.2 Å². The highest BCUT2D eigenvalue weighted by Gasteiger charge is 2.33. The van der Waals surface area contributed by atoms with Gasteiger partial charge in [0.15, 0.2) is 0 Å². The number of benzene rings is 1. The van der Waals surface area contributed by atoms with Gasteiger partial charge >= 0.3 is 0 Å². The summed E-state index contributed by atoms with van der Waals surface area (Å²) in [5.74, 6) is 0.644. The standard InChI is InChI=1S/C17H24N2O3/c1-17(2)13-19(11-15(22-17)12-20-3)8-9-21-16-7-5-4-6-14(16)10-18/h4-7,15H,8-9,11-13H2,1-3H3/t15-/m1/s1. The van der Waals surface area contributed by atoms with Gasteiger partial charge in [0.1, 0.15) is 18.4 Å². The van der Waals surface area contributed by atoms with E-state index in [0.717, 1.165) is 19.6 Å². The lowest BCUT2D eigenvalue weighted by molar-refractivity contribution is -0.153. The van der Waals surface area contributed by atoms with Crippen molar-refractivity contribution in [3.63, 3.8) is 0 Å². The van der Waals surface area contributed by atoms with Crippen molar-refractivity contribution in [2.45, 2.75) is 25.6 Å². The van der Waals surface area contributed by atoms with E-state index < -0.39 is 0 Å². The second-order valence-electron chi connectivity index (χ2n) is 6.15. The quantitative estimate of drug-likeness (QED) is 0.805. The number of nitrogens with zero attached hydrogens (tertiary/aromatic N) is 2. The second-order valence-corrected chi connectivity index (χ2v) is 6.15. The zero-order chi connectivity index (χ0) is 16.0. The van der Waals surface area contributed by atoms with Gasteiger partial charge < -0.3 is 14.2 Å². The van der Waals surface area contributed by atoms with E-state index in [1.807, 2.05) is 18.2 Å². The molecule has 5 heteroatoms. The molecule has 0 unspecified atom stereocenters. The van der Waals surface area contributed by atoms with E-state index in [9.17, 15) is 0 Å². The zero-order valence-corrected chi connectivity index (χ0v) is 13.5. The lowest BCUT2D eigenvalue weighted by Crippen LogP contribution is -2.54. The minimum atomic E-state index is -0.188. The fraction of sp³-hybridized carbons (Fsp3) is 0.588. The minimum absolute atomic E-state index is 0.0835.